The standard InChI is InChI=1S/C27H23Cl2N5O3S/c1-2-38-27-31-30-25(34(27)32-26(35)17-8-4-3-5-9-17)16-36-23-11-7-6-10-20(23)22-15-24(37-33-22)19-13-12-18(28)14-21(19)29/h3-14,24H,2,15-16H2,1H3,(H,32,35). The summed E-state index contributed by atoms with van der Waals surface area (Å²) >= 11 is 13.9. The molecule has 0 aliphatic carbocycles. The van der Waals surface area contributed by atoms with Crippen molar-refractivity contribution >= 4 is 46.6 Å². The molecule has 1 aromatic heterocycles. The molecule has 0 spiro atoms. The molecule has 0 saturated carbocycles. The van der Waals surface area contributed by atoms with Crippen molar-refractivity contribution in [3.8, 4) is 5.75 Å². The van der Waals surface area contributed by atoms with Crippen LogP contribution >= 0.6 is 35.0 Å². The number of benzene rings is 3. The summed E-state index contributed by atoms with van der Waals surface area (Å²) in [6.45, 7) is 2.08. The Labute approximate surface area is 233 Å². The van der Waals surface area contributed by atoms with Crippen molar-refractivity contribution in [2.75, 3.05) is 11.2 Å². The Balaban J connectivity index is 1.32. The lowest BCUT2D eigenvalue weighted by Crippen LogP contribution is -2.26. The third-order valence-electron chi connectivity index (χ3n) is 5.76. The summed E-state index contributed by atoms with van der Waals surface area (Å²) < 4.78 is 7.74. The van der Waals surface area contributed by atoms with Gasteiger partial charge in [0.25, 0.3) is 5.91 Å². The van der Waals surface area contributed by atoms with Crippen molar-refractivity contribution in [1.82, 2.24) is 14.9 Å². The van der Waals surface area contributed by atoms with Gasteiger partial charge in [-0.25, -0.2) is 4.68 Å². The molecule has 11 heteroatoms. The molecule has 3 aromatic carbocycles. The van der Waals surface area contributed by atoms with Crippen molar-refractivity contribution in [2.45, 2.75) is 31.2 Å². The van der Waals surface area contributed by atoms with Crippen LogP contribution in [0.3, 0.4) is 0 Å². The maximum Gasteiger partial charge on any atom is 0.270 e. The second kappa shape index (κ2) is 11.9. The van der Waals surface area contributed by atoms with E-state index in [0.717, 1.165) is 22.6 Å². The highest BCUT2D eigenvalue weighted by Gasteiger charge is 2.27. The van der Waals surface area contributed by atoms with E-state index in [-0.39, 0.29) is 18.6 Å². The summed E-state index contributed by atoms with van der Waals surface area (Å²) in [6.07, 6.45) is 0.190. The van der Waals surface area contributed by atoms with Gasteiger partial charge in [0, 0.05) is 33.2 Å². The quantitative estimate of drug-likeness (QED) is 0.231. The molecule has 0 radical (unpaired) electrons. The molecule has 8 nitrogen and oxygen atoms in total. The third-order valence-corrected chi connectivity index (χ3v) is 7.13. The number of para-hydroxylation sites is 1. The monoisotopic (exact) mass is 567 g/mol. The van der Waals surface area contributed by atoms with Gasteiger partial charge in [0.2, 0.25) is 5.16 Å². The molecule has 4 aromatic rings. The molecule has 1 aliphatic rings. The first kappa shape index (κ1) is 26.1. The molecule has 1 atom stereocenters. The number of carbonyl (C=O) groups excluding carboxylic acids is 1. The Bertz CT molecular complexity index is 1480. The van der Waals surface area contributed by atoms with Gasteiger partial charge in [0.15, 0.2) is 11.9 Å². The van der Waals surface area contributed by atoms with Crippen molar-refractivity contribution in [1.29, 1.82) is 0 Å². The largest absolute Gasteiger partial charge is 0.485 e. The number of hydrogen-bond acceptors (Lipinski definition) is 7. The van der Waals surface area contributed by atoms with E-state index in [2.05, 4.69) is 20.8 Å². The molecule has 1 aliphatic heterocycles. The van der Waals surface area contributed by atoms with Gasteiger partial charge in [0.1, 0.15) is 12.4 Å². The van der Waals surface area contributed by atoms with Crippen LogP contribution in [-0.2, 0) is 11.4 Å². The van der Waals surface area contributed by atoms with Crippen LogP contribution in [0.2, 0.25) is 10.0 Å². The molecule has 194 valence electrons. The SMILES string of the molecule is CCSc1nnc(COc2ccccc2C2=NOC(c3ccc(Cl)cc3Cl)C2)n1NC(=O)c1ccccc1. The van der Waals surface area contributed by atoms with E-state index >= 15 is 0 Å². The summed E-state index contributed by atoms with van der Waals surface area (Å²) in [5.74, 6) is 1.55. The molecule has 1 N–H and O–H groups in total. The molecule has 0 saturated heterocycles. The first-order valence-electron chi connectivity index (χ1n) is 11.9. The van der Waals surface area contributed by atoms with Crippen LogP contribution in [0.15, 0.2) is 83.1 Å². The normalized spacial score (nSPS) is 14.6. The molecule has 1 unspecified atom stereocenters. The van der Waals surface area contributed by atoms with Crippen molar-refractivity contribution in [2.24, 2.45) is 5.16 Å². The maximum atomic E-state index is 12.8. The molecule has 0 bridgehead atoms. The Hall–Kier alpha value is -3.53. The summed E-state index contributed by atoms with van der Waals surface area (Å²) in [4.78, 5) is 18.5. The van der Waals surface area contributed by atoms with Crippen LogP contribution in [-0.4, -0.2) is 32.2 Å². The highest BCUT2D eigenvalue weighted by molar-refractivity contribution is 7.99. The summed E-state index contributed by atoms with van der Waals surface area (Å²) in [7, 11) is 0. The highest BCUT2D eigenvalue weighted by atomic mass is 35.5. The van der Waals surface area contributed by atoms with Crippen LogP contribution < -0.4 is 10.2 Å². The Morgan fingerprint density at radius 1 is 1.11 bits per heavy atom. The number of amides is 1. The van der Waals surface area contributed by atoms with Gasteiger partial charge in [-0.05, 0) is 42.2 Å². The lowest BCUT2D eigenvalue weighted by atomic mass is 9.99. The molecular formula is C27H23Cl2N5O3S. The molecule has 38 heavy (non-hydrogen) atoms. The number of aromatic nitrogens is 3. The van der Waals surface area contributed by atoms with Gasteiger partial charge in [-0.1, -0.05) is 83.4 Å². The topological polar surface area (TPSA) is 90.6 Å². The van der Waals surface area contributed by atoms with E-state index in [1.165, 1.54) is 11.8 Å². The van der Waals surface area contributed by atoms with E-state index in [1.54, 1.807) is 28.9 Å². The third kappa shape index (κ3) is 5.80. The smallest absolute Gasteiger partial charge is 0.270 e. The van der Waals surface area contributed by atoms with E-state index in [9.17, 15) is 4.79 Å². The molecule has 5 rings (SSSR count). The predicted octanol–water partition coefficient (Wildman–Crippen LogP) is 6.53. The first-order chi connectivity index (χ1) is 18.5. The molecule has 0 fully saturated rings. The average Bonchev–Trinajstić information content (AvgIpc) is 3.56. The zero-order valence-electron chi connectivity index (χ0n) is 20.3. The second-order valence-electron chi connectivity index (χ2n) is 8.26. The average molecular weight is 568 g/mol. The van der Waals surface area contributed by atoms with Gasteiger partial charge in [-0.3, -0.25) is 10.2 Å². The fraction of sp³-hybridized carbons (Fsp3) is 0.185. The molecule has 1 amide bonds. The zero-order chi connectivity index (χ0) is 26.5. The maximum absolute atomic E-state index is 12.8. The molecule has 2 heterocycles. The van der Waals surface area contributed by atoms with Crippen molar-refractivity contribution < 1.29 is 14.4 Å². The van der Waals surface area contributed by atoms with Crippen LogP contribution in [0.5, 0.6) is 5.75 Å². The van der Waals surface area contributed by atoms with Crippen LogP contribution in [0.4, 0.5) is 0 Å². The second-order valence-corrected chi connectivity index (χ2v) is 10.3. The van der Waals surface area contributed by atoms with Crippen molar-refractivity contribution in [3.63, 3.8) is 0 Å². The van der Waals surface area contributed by atoms with Crippen molar-refractivity contribution in [3.05, 3.63) is 105 Å². The van der Waals surface area contributed by atoms with E-state index in [0.29, 0.717) is 38.8 Å². The minimum absolute atomic E-state index is 0.0733. The van der Waals surface area contributed by atoms with Gasteiger partial charge in [-0.15, -0.1) is 10.2 Å². The number of carbonyl (C=O) groups is 1. The van der Waals surface area contributed by atoms with Gasteiger partial charge < -0.3 is 9.57 Å². The Morgan fingerprint density at radius 2 is 1.89 bits per heavy atom. The van der Waals surface area contributed by atoms with Gasteiger partial charge in [-0.2, -0.15) is 0 Å². The molecular weight excluding hydrogens is 545 g/mol. The minimum atomic E-state index is -0.326. The fourth-order valence-corrected chi connectivity index (χ4v) is 5.09. The van der Waals surface area contributed by atoms with Crippen LogP contribution in [0, 0.1) is 0 Å². The minimum Gasteiger partial charge on any atom is -0.485 e. The van der Waals surface area contributed by atoms with Crippen LogP contribution in [0.25, 0.3) is 0 Å². The highest BCUT2D eigenvalue weighted by Crippen LogP contribution is 2.36. The van der Waals surface area contributed by atoms with E-state index < -0.39 is 0 Å². The number of halogens is 2. The van der Waals surface area contributed by atoms with E-state index in [4.69, 9.17) is 32.8 Å². The fourth-order valence-electron chi connectivity index (χ4n) is 3.92. The summed E-state index contributed by atoms with van der Waals surface area (Å²) in [5, 5.41) is 14.5. The summed E-state index contributed by atoms with van der Waals surface area (Å²) in [5.41, 5.74) is 5.76. The van der Waals surface area contributed by atoms with E-state index in [1.807, 2.05) is 55.5 Å². The first-order valence-corrected chi connectivity index (χ1v) is 13.6. The lowest BCUT2D eigenvalue weighted by Gasteiger charge is -2.14. The van der Waals surface area contributed by atoms with Crippen LogP contribution in [0.1, 0.15) is 46.8 Å². The Morgan fingerprint density at radius 3 is 2.68 bits per heavy atom. The number of nitrogens with one attached hydrogen (secondary N) is 1. The summed E-state index contributed by atoms with van der Waals surface area (Å²) in [6, 6.07) is 21.8. The van der Waals surface area contributed by atoms with Gasteiger partial charge in [0.05, 0.1) is 5.71 Å². The number of rotatable bonds is 9. The number of nitrogens with zero attached hydrogens (tertiary/aromatic N) is 4. The predicted molar refractivity (Wildman–Crippen MR) is 149 cm³/mol. The number of oxime groups is 1. The Kier molecular flexibility index (Phi) is 8.17. The number of thioether (sulfide) groups is 1. The number of ether oxygens (including phenoxy) is 1. The number of hydrogen-bond donors (Lipinski definition) is 1. The zero-order valence-corrected chi connectivity index (χ0v) is 22.6. The lowest BCUT2D eigenvalue weighted by molar-refractivity contribution is 0.0858. The van der Waals surface area contributed by atoms with Gasteiger partial charge >= 0.3 is 0 Å².